The van der Waals surface area contributed by atoms with Crippen LogP contribution in [0.2, 0.25) is 15.1 Å². The molecule has 0 radical (unpaired) electrons. The molecular formula is C20H15BrCl3F3N2O2. The lowest BCUT2D eigenvalue weighted by Gasteiger charge is -2.18. The van der Waals surface area contributed by atoms with Crippen LogP contribution in [0.3, 0.4) is 0 Å². The average molecular weight is 559 g/mol. The van der Waals surface area contributed by atoms with E-state index in [9.17, 15) is 22.8 Å². The molecule has 2 amide bonds. The molecule has 11 heteroatoms. The van der Waals surface area contributed by atoms with Crippen LogP contribution >= 0.6 is 50.7 Å². The van der Waals surface area contributed by atoms with E-state index >= 15 is 0 Å². The number of carbonyl (C=O) groups is 2. The Bertz CT molecular complexity index is 1010. The van der Waals surface area contributed by atoms with Crippen LogP contribution in [0.5, 0.6) is 0 Å². The van der Waals surface area contributed by atoms with Gasteiger partial charge >= 0.3 is 6.18 Å². The summed E-state index contributed by atoms with van der Waals surface area (Å²) in [5, 5.41) is 4.62. The number of carbonyl (C=O) groups excluding carboxylic acids is 2. The number of likely N-dealkylation sites (N-methyl/N-ethyl adjacent to an activating group) is 1. The maximum Gasteiger partial charge on any atom is 0.399 e. The normalized spacial score (nSPS) is 12.6. The topological polar surface area (TPSA) is 58.2 Å². The van der Waals surface area contributed by atoms with Gasteiger partial charge in [-0.1, -0.05) is 53.0 Å². The smallest absolute Gasteiger partial charge is 0.358 e. The quantitative estimate of drug-likeness (QED) is 0.412. The molecule has 0 aliphatic rings. The van der Waals surface area contributed by atoms with Gasteiger partial charge in [-0.05, 0) is 51.3 Å². The van der Waals surface area contributed by atoms with Crippen molar-refractivity contribution in [2.45, 2.75) is 12.1 Å². The third-order valence-corrected chi connectivity index (χ3v) is 5.98. The number of hydrogen-bond donors (Lipinski definition) is 2. The molecule has 0 heterocycles. The van der Waals surface area contributed by atoms with Crippen LogP contribution in [0.25, 0.3) is 6.08 Å². The number of hydrogen-bond acceptors (Lipinski definition) is 2. The van der Waals surface area contributed by atoms with Gasteiger partial charge in [-0.25, -0.2) is 0 Å². The number of nitrogens with one attached hydrogen (secondary N) is 2. The molecule has 0 spiro atoms. The minimum absolute atomic E-state index is 0.0220. The van der Waals surface area contributed by atoms with E-state index in [1.807, 2.05) is 0 Å². The fraction of sp³-hybridized carbons (Fsp3) is 0.200. The number of allylic oxidation sites excluding steroid dienone is 1. The lowest BCUT2D eigenvalue weighted by molar-refractivity contribution is -0.139. The van der Waals surface area contributed by atoms with Crippen molar-refractivity contribution in [2.75, 3.05) is 13.6 Å². The van der Waals surface area contributed by atoms with Crippen LogP contribution in [0.15, 0.2) is 40.9 Å². The number of benzene rings is 2. The Labute approximate surface area is 199 Å². The van der Waals surface area contributed by atoms with Crippen LogP contribution in [0, 0.1) is 0 Å². The summed E-state index contributed by atoms with van der Waals surface area (Å²) in [6, 6.07) is 6.63. The summed E-state index contributed by atoms with van der Waals surface area (Å²) < 4.78 is 41.3. The van der Waals surface area contributed by atoms with E-state index in [-0.39, 0.29) is 38.6 Å². The van der Waals surface area contributed by atoms with Gasteiger partial charge in [-0.15, -0.1) is 0 Å². The Kier molecular flexibility index (Phi) is 8.83. The average Bonchev–Trinajstić information content (AvgIpc) is 2.69. The largest absolute Gasteiger partial charge is 0.399 e. The van der Waals surface area contributed by atoms with Crippen molar-refractivity contribution < 1.29 is 22.8 Å². The summed E-state index contributed by atoms with van der Waals surface area (Å²) in [5.41, 5.74) is 0.479. The zero-order chi connectivity index (χ0) is 23.3. The Morgan fingerprint density at radius 1 is 1.13 bits per heavy atom. The van der Waals surface area contributed by atoms with Crippen molar-refractivity contribution in [3.63, 3.8) is 0 Å². The molecule has 0 aliphatic carbocycles. The molecule has 1 unspecified atom stereocenters. The molecule has 166 valence electrons. The van der Waals surface area contributed by atoms with Gasteiger partial charge in [0.25, 0.3) is 5.91 Å². The van der Waals surface area contributed by atoms with Crippen molar-refractivity contribution in [3.05, 3.63) is 72.6 Å². The summed E-state index contributed by atoms with van der Waals surface area (Å²) in [4.78, 5) is 23.4. The molecule has 31 heavy (non-hydrogen) atoms. The van der Waals surface area contributed by atoms with E-state index in [1.165, 1.54) is 31.3 Å². The lowest BCUT2D eigenvalue weighted by atomic mass is 9.97. The van der Waals surface area contributed by atoms with Gasteiger partial charge in [-0.3, -0.25) is 9.59 Å². The van der Waals surface area contributed by atoms with Crippen LogP contribution in [0.4, 0.5) is 13.2 Å². The third kappa shape index (κ3) is 6.87. The maximum atomic E-state index is 13.6. The summed E-state index contributed by atoms with van der Waals surface area (Å²) in [7, 11) is 1.44. The van der Waals surface area contributed by atoms with Gasteiger partial charge < -0.3 is 10.6 Å². The van der Waals surface area contributed by atoms with Gasteiger partial charge in [0.1, 0.15) is 0 Å². The van der Waals surface area contributed by atoms with E-state index in [2.05, 4.69) is 26.6 Å². The van der Waals surface area contributed by atoms with Crippen molar-refractivity contribution in [2.24, 2.45) is 0 Å². The second kappa shape index (κ2) is 10.7. The Morgan fingerprint density at radius 3 is 2.26 bits per heavy atom. The van der Waals surface area contributed by atoms with Gasteiger partial charge in [0.05, 0.1) is 33.1 Å². The monoisotopic (exact) mass is 556 g/mol. The maximum absolute atomic E-state index is 13.6. The Balaban J connectivity index is 2.28. The first-order chi connectivity index (χ1) is 14.4. The lowest BCUT2D eigenvalue weighted by Crippen LogP contribution is -2.35. The van der Waals surface area contributed by atoms with Gasteiger partial charge in [0.15, 0.2) is 0 Å². The molecular weight excluding hydrogens is 543 g/mol. The van der Waals surface area contributed by atoms with E-state index in [1.54, 1.807) is 0 Å². The molecule has 1 atom stereocenters. The number of rotatable bonds is 6. The first kappa shape index (κ1) is 25.5. The molecule has 4 nitrogen and oxygen atoms in total. The number of halogens is 7. The number of amides is 2. The van der Waals surface area contributed by atoms with Crippen LogP contribution < -0.4 is 10.6 Å². The Hall–Kier alpha value is -1.74. The summed E-state index contributed by atoms with van der Waals surface area (Å²) in [6.45, 7) is -0.205. The molecule has 0 aromatic heterocycles. The fourth-order valence-electron chi connectivity index (χ4n) is 2.53. The van der Waals surface area contributed by atoms with E-state index in [4.69, 9.17) is 34.8 Å². The minimum Gasteiger partial charge on any atom is -0.358 e. The molecule has 0 aliphatic heterocycles. The third-order valence-electron chi connectivity index (χ3n) is 4.13. The fourth-order valence-corrected chi connectivity index (χ4v) is 3.72. The summed E-state index contributed by atoms with van der Waals surface area (Å²) in [6.07, 6.45) is -2.37. The zero-order valence-electron chi connectivity index (χ0n) is 15.8. The van der Waals surface area contributed by atoms with E-state index < -0.39 is 18.0 Å². The highest BCUT2D eigenvalue weighted by Gasteiger charge is 2.39. The minimum atomic E-state index is -4.60. The predicted molar refractivity (Wildman–Crippen MR) is 120 cm³/mol. The second-order valence-electron chi connectivity index (χ2n) is 6.27. The van der Waals surface area contributed by atoms with Gasteiger partial charge in [0.2, 0.25) is 5.91 Å². The molecule has 0 bridgehead atoms. The molecule has 2 rings (SSSR count). The van der Waals surface area contributed by atoms with Crippen LogP contribution in [0.1, 0.15) is 27.4 Å². The van der Waals surface area contributed by atoms with Crippen molar-refractivity contribution in [1.29, 1.82) is 0 Å². The molecule has 2 aromatic carbocycles. The molecule has 0 saturated heterocycles. The first-order valence-corrected chi connectivity index (χ1v) is 10.5. The summed E-state index contributed by atoms with van der Waals surface area (Å²) in [5.74, 6) is -2.86. The molecule has 0 fully saturated rings. The highest BCUT2D eigenvalue weighted by molar-refractivity contribution is 9.10. The SMILES string of the molecule is CNC(=O)CNC(=O)c1ccc(/C=C/C(c2cc(Cl)c(Cl)c(Cl)c2)C(F)(F)F)cc1Br. The zero-order valence-corrected chi connectivity index (χ0v) is 19.6. The Morgan fingerprint density at radius 2 is 1.74 bits per heavy atom. The van der Waals surface area contributed by atoms with Crippen LogP contribution in [-0.4, -0.2) is 31.6 Å². The highest BCUT2D eigenvalue weighted by Crippen LogP contribution is 2.41. The van der Waals surface area contributed by atoms with Crippen molar-refractivity contribution in [3.8, 4) is 0 Å². The second-order valence-corrected chi connectivity index (χ2v) is 8.32. The standard InChI is InChI=1S/C20H15BrCl3F3N2O2/c1-28-17(30)9-29-19(31)12-4-2-10(6-14(12)21)3-5-13(20(25,26)27)11-7-15(22)18(24)16(23)8-11/h2-8,13H,9H2,1H3,(H,28,30)(H,29,31)/b5-3+. The van der Waals surface area contributed by atoms with Crippen molar-refractivity contribution >= 4 is 68.6 Å². The van der Waals surface area contributed by atoms with Crippen LogP contribution in [-0.2, 0) is 4.79 Å². The molecule has 2 N–H and O–H groups in total. The molecule has 2 aromatic rings. The van der Waals surface area contributed by atoms with E-state index in [0.717, 1.165) is 18.2 Å². The first-order valence-electron chi connectivity index (χ1n) is 8.61. The van der Waals surface area contributed by atoms with Gasteiger partial charge in [-0.2, -0.15) is 13.2 Å². The number of alkyl halides is 3. The highest BCUT2D eigenvalue weighted by atomic mass is 79.9. The van der Waals surface area contributed by atoms with E-state index in [0.29, 0.717) is 10.0 Å². The molecule has 0 saturated carbocycles. The van der Waals surface area contributed by atoms with Gasteiger partial charge in [0, 0.05) is 11.5 Å². The van der Waals surface area contributed by atoms with Crippen molar-refractivity contribution in [1.82, 2.24) is 10.6 Å². The predicted octanol–water partition coefficient (Wildman–Crippen LogP) is 6.24. The summed E-state index contributed by atoms with van der Waals surface area (Å²) >= 11 is 20.8.